The largest absolute Gasteiger partial charge is 0.0843 e. The second-order valence-corrected chi connectivity index (χ2v) is 3.46. The molecule has 0 fully saturated rings. The van der Waals surface area contributed by atoms with Gasteiger partial charge in [-0.1, -0.05) is 35.7 Å². The molecule has 0 nitrogen and oxygen atoms in total. The number of allylic oxidation sites excluding steroid dienone is 6. The third-order valence-corrected chi connectivity index (χ3v) is 1.89. The number of hydrogen-bond donors (Lipinski definition) is 0. The van der Waals surface area contributed by atoms with Gasteiger partial charge in [-0.2, -0.15) is 0 Å². The average Bonchev–Trinajstić information content (AvgIpc) is 2.00. The summed E-state index contributed by atoms with van der Waals surface area (Å²) in [6.07, 6.45) is 7.01. The van der Waals surface area contributed by atoms with E-state index in [1.807, 2.05) is 12.2 Å². The Bertz CT molecular complexity index is 215. The maximum absolute atomic E-state index is 5.94. The highest BCUT2D eigenvalue weighted by Gasteiger charge is 1.88. The van der Waals surface area contributed by atoms with E-state index in [2.05, 4.69) is 33.8 Å². The first kappa shape index (κ1) is 11.5. The molecule has 12 heavy (non-hydrogen) atoms. The van der Waals surface area contributed by atoms with E-state index in [-0.39, 0.29) is 0 Å². The van der Waals surface area contributed by atoms with Crippen molar-refractivity contribution in [1.29, 1.82) is 0 Å². The zero-order valence-corrected chi connectivity index (χ0v) is 9.07. The van der Waals surface area contributed by atoms with Gasteiger partial charge in [0.25, 0.3) is 0 Å². The van der Waals surface area contributed by atoms with Crippen molar-refractivity contribution in [2.24, 2.45) is 0 Å². The highest BCUT2D eigenvalue weighted by molar-refractivity contribution is 6.31. The minimum Gasteiger partial charge on any atom is -0.0843 e. The van der Waals surface area contributed by atoms with Crippen molar-refractivity contribution in [3.8, 4) is 0 Å². The van der Waals surface area contributed by atoms with Gasteiger partial charge >= 0.3 is 0 Å². The second kappa shape index (κ2) is 6.07. The molecule has 0 radical (unpaired) electrons. The van der Waals surface area contributed by atoms with Crippen LogP contribution in [0.5, 0.6) is 0 Å². The summed E-state index contributed by atoms with van der Waals surface area (Å²) in [6, 6.07) is 0. The Kier molecular flexibility index (Phi) is 5.83. The van der Waals surface area contributed by atoms with Crippen molar-refractivity contribution >= 4 is 11.6 Å². The zero-order valence-electron chi connectivity index (χ0n) is 8.32. The molecule has 0 rings (SSSR count). The fourth-order valence-electron chi connectivity index (χ4n) is 0.630. The van der Waals surface area contributed by atoms with Crippen molar-refractivity contribution in [3.05, 3.63) is 34.4 Å². The molecule has 0 unspecified atom stereocenters. The number of halogens is 1. The predicted octanol–water partition coefficient (Wildman–Crippen LogP) is 4.43. The van der Waals surface area contributed by atoms with Crippen LogP contribution in [0.1, 0.15) is 34.1 Å². The molecule has 0 saturated carbocycles. The molecular weight excluding hydrogens is 168 g/mol. The van der Waals surface area contributed by atoms with Gasteiger partial charge in [-0.15, -0.1) is 0 Å². The molecule has 0 aromatic heterocycles. The lowest BCUT2D eigenvalue weighted by Crippen LogP contribution is -1.74. The molecule has 0 amide bonds. The van der Waals surface area contributed by atoms with E-state index in [1.165, 1.54) is 11.1 Å². The Morgan fingerprint density at radius 3 is 2.25 bits per heavy atom. The first-order valence-electron chi connectivity index (χ1n) is 4.25. The fourth-order valence-corrected chi connectivity index (χ4v) is 0.882. The van der Waals surface area contributed by atoms with E-state index < -0.39 is 0 Å². The Balaban J connectivity index is 4.37. The third-order valence-electron chi connectivity index (χ3n) is 1.66. The maximum Gasteiger partial charge on any atom is 0.0405 e. The van der Waals surface area contributed by atoms with Crippen LogP contribution in [0.15, 0.2) is 34.4 Å². The van der Waals surface area contributed by atoms with E-state index in [4.69, 9.17) is 11.6 Å². The van der Waals surface area contributed by atoms with Crippen molar-refractivity contribution in [3.63, 3.8) is 0 Å². The van der Waals surface area contributed by atoms with Crippen molar-refractivity contribution in [2.45, 2.75) is 34.1 Å². The molecule has 0 aromatic rings. The number of rotatable bonds is 3. The summed E-state index contributed by atoms with van der Waals surface area (Å²) in [6.45, 7) is 8.32. The minimum atomic E-state index is 0.801. The van der Waals surface area contributed by atoms with Gasteiger partial charge in [0.2, 0.25) is 0 Å². The van der Waals surface area contributed by atoms with Crippen molar-refractivity contribution < 1.29 is 0 Å². The molecule has 1 heteroatoms. The molecular formula is C11H17Cl. The van der Waals surface area contributed by atoms with Gasteiger partial charge in [-0.25, -0.2) is 0 Å². The standard InChI is InChI=1S/C11H17Cl/c1-5-6-7-11(12)8-10(4)9(2)3/h6-8H,5H2,1-4H3/b7-6+,11-8+. The first-order chi connectivity index (χ1) is 5.57. The van der Waals surface area contributed by atoms with E-state index in [9.17, 15) is 0 Å². The molecule has 0 heterocycles. The minimum absolute atomic E-state index is 0.801. The summed E-state index contributed by atoms with van der Waals surface area (Å²) in [7, 11) is 0. The van der Waals surface area contributed by atoms with Crippen LogP contribution in [-0.4, -0.2) is 0 Å². The topological polar surface area (TPSA) is 0 Å². The molecule has 0 aliphatic heterocycles. The predicted molar refractivity (Wildman–Crippen MR) is 57.4 cm³/mol. The summed E-state index contributed by atoms with van der Waals surface area (Å²) < 4.78 is 0. The third kappa shape index (κ3) is 5.20. The summed E-state index contributed by atoms with van der Waals surface area (Å²) in [4.78, 5) is 0. The highest BCUT2D eigenvalue weighted by atomic mass is 35.5. The van der Waals surface area contributed by atoms with Crippen molar-refractivity contribution in [1.82, 2.24) is 0 Å². The molecule has 0 aliphatic rings. The van der Waals surface area contributed by atoms with Crippen LogP contribution >= 0.6 is 11.6 Å². The first-order valence-corrected chi connectivity index (χ1v) is 4.63. The van der Waals surface area contributed by atoms with Gasteiger partial charge in [-0.3, -0.25) is 0 Å². The second-order valence-electron chi connectivity index (χ2n) is 3.02. The van der Waals surface area contributed by atoms with E-state index in [0.717, 1.165) is 11.5 Å². The van der Waals surface area contributed by atoms with E-state index in [0.29, 0.717) is 0 Å². The van der Waals surface area contributed by atoms with Gasteiger partial charge in [0.05, 0.1) is 0 Å². The smallest absolute Gasteiger partial charge is 0.0405 e. The van der Waals surface area contributed by atoms with Crippen LogP contribution in [-0.2, 0) is 0 Å². The Morgan fingerprint density at radius 1 is 1.25 bits per heavy atom. The molecule has 0 N–H and O–H groups in total. The lowest BCUT2D eigenvalue weighted by atomic mass is 10.1. The van der Waals surface area contributed by atoms with Gasteiger partial charge in [0.1, 0.15) is 0 Å². The summed E-state index contributed by atoms with van der Waals surface area (Å²) >= 11 is 5.94. The van der Waals surface area contributed by atoms with Crippen LogP contribution in [0.4, 0.5) is 0 Å². The van der Waals surface area contributed by atoms with Crippen molar-refractivity contribution in [2.75, 3.05) is 0 Å². The quantitative estimate of drug-likeness (QED) is 0.570. The Labute approximate surface area is 80.6 Å². The molecule has 0 saturated heterocycles. The van der Waals surface area contributed by atoms with Gasteiger partial charge in [-0.05, 0) is 39.3 Å². The fraction of sp³-hybridized carbons (Fsp3) is 0.455. The number of hydrogen-bond acceptors (Lipinski definition) is 0. The molecule has 0 aromatic carbocycles. The molecule has 68 valence electrons. The van der Waals surface area contributed by atoms with Gasteiger partial charge < -0.3 is 0 Å². The molecule has 0 bridgehead atoms. The van der Waals surface area contributed by atoms with Crippen LogP contribution < -0.4 is 0 Å². The summed E-state index contributed by atoms with van der Waals surface area (Å²) in [5.41, 5.74) is 2.54. The Morgan fingerprint density at radius 2 is 1.83 bits per heavy atom. The summed E-state index contributed by atoms with van der Waals surface area (Å²) in [5, 5.41) is 0.801. The van der Waals surface area contributed by atoms with Gasteiger partial charge in [0.15, 0.2) is 0 Å². The lowest BCUT2D eigenvalue weighted by molar-refractivity contribution is 1.22. The van der Waals surface area contributed by atoms with Crippen LogP contribution in [0, 0.1) is 0 Å². The molecule has 0 atom stereocenters. The molecule has 0 aliphatic carbocycles. The monoisotopic (exact) mass is 184 g/mol. The van der Waals surface area contributed by atoms with Crippen LogP contribution in [0.3, 0.4) is 0 Å². The Hall–Kier alpha value is -0.490. The van der Waals surface area contributed by atoms with Crippen LogP contribution in [0.2, 0.25) is 0 Å². The van der Waals surface area contributed by atoms with E-state index in [1.54, 1.807) is 0 Å². The lowest BCUT2D eigenvalue weighted by Gasteiger charge is -1.95. The normalized spacial score (nSPS) is 12.2. The summed E-state index contributed by atoms with van der Waals surface area (Å²) in [5.74, 6) is 0. The van der Waals surface area contributed by atoms with Crippen LogP contribution in [0.25, 0.3) is 0 Å². The van der Waals surface area contributed by atoms with Gasteiger partial charge in [0, 0.05) is 5.03 Å². The zero-order chi connectivity index (χ0) is 9.56. The maximum atomic E-state index is 5.94. The van der Waals surface area contributed by atoms with E-state index >= 15 is 0 Å². The average molecular weight is 185 g/mol. The highest BCUT2D eigenvalue weighted by Crippen LogP contribution is 2.11. The molecule has 0 spiro atoms. The SMILES string of the molecule is CC/C=C/C(Cl)=C\C(C)=C(C)C.